The van der Waals surface area contributed by atoms with E-state index in [4.69, 9.17) is 20.3 Å². The van der Waals surface area contributed by atoms with Crippen LogP contribution in [0.4, 0.5) is 10.6 Å². The van der Waals surface area contributed by atoms with Crippen LogP contribution in [0.25, 0.3) is 11.3 Å². The number of para-hydroxylation sites is 1. The van der Waals surface area contributed by atoms with Crippen molar-refractivity contribution in [2.24, 2.45) is 0 Å². The van der Waals surface area contributed by atoms with Gasteiger partial charge in [-0.15, -0.1) is 0 Å². The van der Waals surface area contributed by atoms with Gasteiger partial charge in [-0.05, 0) is 61.2 Å². The zero-order chi connectivity index (χ0) is 26.7. The summed E-state index contributed by atoms with van der Waals surface area (Å²) in [6.07, 6.45) is 1.77. The lowest BCUT2D eigenvalue weighted by atomic mass is 10.1. The summed E-state index contributed by atoms with van der Waals surface area (Å²) in [5.41, 5.74) is 8.98. The number of hydrogen-bond acceptors (Lipinski definition) is 6. The summed E-state index contributed by atoms with van der Waals surface area (Å²) in [4.78, 5) is 12.0. The van der Waals surface area contributed by atoms with E-state index in [1.165, 1.54) is 0 Å². The molecule has 8 nitrogen and oxygen atoms in total. The Balaban J connectivity index is 1.35. The normalized spacial score (nSPS) is 11.4. The highest BCUT2D eigenvalue weighted by molar-refractivity contribution is 5.73. The fraction of sp³-hybridized carbons (Fsp3) is 0.233. The Morgan fingerprint density at radius 2 is 1.68 bits per heavy atom. The third kappa shape index (κ3) is 6.71. The Labute approximate surface area is 222 Å². The number of aromatic nitrogens is 2. The number of nitrogens with one attached hydrogen (secondary N) is 1. The molecule has 0 aliphatic carbocycles. The highest BCUT2D eigenvalue weighted by Gasteiger charge is 2.21. The molecule has 1 heterocycles. The summed E-state index contributed by atoms with van der Waals surface area (Å²) in [7, 11) is 0. The maximum Gasteiger partial charge on any atom is 0.407 e. The number of hydrogen-bond donors (Lipinski definition) is 2. The molecule has 0 saturated heterocycles. The lowest BCUT2D eigenvalue weighted by Gasteiger charge is -2.17. The van der Waals surface area contributed by atoms with Crippen LogP contribution in [0.2, 0.25) is 0 Å². The second-order valence-corrected chi connectivity index (χ2v) is 8.80. The van der Waals surface area contributed by atoms with Gasteiger partial charge in [0, 0.05) is 12.1 Å². The number of nitrogens with two attached hydrogens (primary N) is 1. The van der Waals surface area contributed by atoms with Gasteiger partial charge in [-0.25, -0.2) is 9.48 Å². The van der Waals surface area contributed by atoms with Gasteiger partial charge >= 0.3 is 6.09 Å². The second kappa shape index (κ2) is 13.0. The minimum absolute atomic E-state index is 0.0151. The zero-order valence-corrected chi connectivity index (χ0v) is 21.3. The van der Waals surface area contributed by atoms with Crippen molar-refractivity contribution in [3.05, 3.63) is 96.1 Å². The Morgan fingerprint density at radius 3 is 2.34 bits per heavy atom. The highest BCUT2D eigenvalue weighted by atomic mass is 16.5. The second-order valence-electron chi connectivity index (χ2n) is 8.80. The van der Waals surface area contributed by atoms with E-state index in [1.54, 1.807) is 4.68 Å². The molecule has 0 radical (unpaired) electrons. The van der Waals surface area contributed by atoms with Gasteiger partial charge in [0.2, 0.25) is 0 Å². The molecule has 0 aliphatic heterocycles. The number of benzene rings is 3. The number of anilines is 1. The van der Waals surface area contributed by atoms with E-state index in [0.29, 0.717) is 35.8 Å². The van der Waals surface area contributed by atoms with Crippen LogP contribution in [0, 0.1) is 11.3 Å². The molecule has 4 aromatic rings. The predicted molar refractivity (Wildman–Crippen MR) is 146 cm³/mol. The highest BCUT2D eigenvalue weighted by Crippen LogP contribution is 2.32. The number of carbonyl (C=O) groups is 1. The number of nitrogens with zero attached hydrogens (tertiary/aromatic N) is 3. The summed E-state index contributed by atoms with van der Waals surface area (Å²) in [6, 6.07) is 28.7. The number of carbonyl (C=O) groups excluding carboxylic acids is 1. The number of rotatable bonds is 11. The molecule has 0 saturated carbocycles. The standard InChI is InChI=1S/C30H31N5O3/c1-2-24(12-9-19-33-30(36)37-21-22-10-5-3-6-11-22)35-29(32)27(20-31)28(34-35)23-15-17-26(18-16-23)38-25-13-7-4-8-14-25/h3-8,10-11,13-18,24H,2,9,12,19,21,32H2,1H3,(H,33,36). The Kier molecular flexibility index (Phi) is 8.98. The molecule has 0 bridgehead atoms. The molecular formula is C30H31N5O3. The van der Waals surface area contributed by atoms with Crippen LogP contribution < -0.4 is 15.8 Å². The van der Waals surface area contributed by atoms with Gasteiger partial charge in [-0.2, -0.15) is 10.4 Å². The van der Waals surface area contributed by atoms with Crippen molar-refractivity contribution >= 4 is 11.9 Å². The Morgan fingerprint density at radius 1 is 1.03 bits per heavy atom. The molecular weight excluding hydrogens is 478 g/mol. The summed E-state index contributed by atoms with van der Waals surface area (Å²) >= 11 is 0. The fourth-order valence-electron chi connectivity index (χ4n) is 4.15. The summed E-state index contributed by atoms with van der Waals surface area (Å²) in [5, 5.41) is 17.3. The molecule has 194 valence electrons. The molecule has 38 heavy (non-hydrogen) atoms. The first kappa shape index (κ1) is 26.3. The molecule has 1 unspecified atom stereocenters. The summed E-state index contributed by atoms with van der Waals surface area (Å²) < 4.78 is 12.9. The molecule has 3 N–H and O–H groups in total. The van der Waals surface area contributed by atoms with Crippen molar-refractivity contribution in [1.82, 2.24) is 15.1 Å². The smallest absolute Gasteiger partial charge is 0.407 e. The van der Waals surface area contributed by atoms with Gasteiger partial charge in [0.1, 0.15) is 41.3 Å². The van der Waals surface area contributed by atoms with Gasteiger partial charge in [-0.3, -0.25) is 0 Å². The molecule has 1 amide bonds. The van der Waals surface area contributed by atoms with E-state index in [9.17, 15) is 10.1 Å². The average Bonchev–Trinajstić information content (AvgIpc) is 3.29. The monoisotopic (exact) mass is 509 g/mol. The maximum absolute atomic E-state index is 12.0. The molecule has 4 rings (SSSR count). The van der Waals surface area contributed by atoms with Crippen LogP contribution in [-0.2, 0) is 11.3 Å². The van der Waals surface area contributed by atoms with Crippen molar-refractivity contribution < 1.29 is 14.3 Å². The topological polar surface area (TPSA) is 115 Å². The molecule has 0 fully saturated rings. The number of alkyl carbamates (subject to hydrolysis) is 1. The third-order valence-corrected chi connectivity index (χ3v) is 6.18. The van der Waals surface area contributed by atoms with Gasteiger partial charge in [0.25, 0.3) is 0 Å². The number of ether oxygens (including phenoxy) is 2. The predicted octanol–water partition coefficient (Wildman–Crippen LogP) is 6.45. The van der Waals surface area contributed by atoms with E-state index in [-0.39, 0.29) is 12.6 Å². The van der Waals surface area contributed by atoms with Crippen LogP contribution >= 0.6 is 0 Å². The zero-order valence-electron chi connectivity index (χ0n) is 21.3. The van der Waals surface area contributed by atoms with E-state index in [2.05, 4.69) is 18.3 Å². The first-order valence-electron chi connectivity index (χ1n) is 12.6. The van der Waals surface area contributed by atoms with Crippen LogP contribution in [0.3, 0.4) is 0 Å². The fourth-order valence-corrected chi connectivity index (χ4v) is 4.15. The molecule has 3 aromatic carbocycles. The van der Waals surface area contributed by atoms with Gasteiger partial charge in [-0.1, -0.05) is 55.5 Å². The first-order chi connectivity index (χ1) is 18.6. The number of amides is 1. The third-order valence-electron chi connectivity index (χ3n) is 6.18. The first-order valence-corrected chi connectivity index (χ1v) is 12.6. The van der Waals surface area contributed by atoms with E-state index in [1.807, 2.05) is 84.9 Å². The lowest BCUT2D eigenvalue weighted by Crippen LogP contribution is -2.26. The largest absolute Gasteiger partial charge is 0.457 e. The lowest BCUT2D eigenvalue weighted by molar-refractivity contribution is 0.139. The van der Waals surface area contributed by atoms with Crippen molar-refractivity contribution in [1.29, 1.82) is 5.26 Å². The number of nitrogen functional groups attached to an aromatic ring is 1. The van der Waals surface area contributed by atoms with Crippen LogP contribution in [0.5, 0.6) is 11.5 Å². The Bertz CT molecular complexity index is 1360. The van der Waals surface area contributed by atoms with Gasteiger partial charge < -0.3 is 20.5 Å². The van der Waals surface area contributed by atoms with E-state index in [0.717, 1.165) is 29.7 Å². The molecule has 8 heteroatoms. The molecule has 1 aromatic heterocycles. The number of nitriles is 1. The minimum atomic E-state index is -0.450. The SMILES string of the molecule is CCC(CCCNC(=O)OCc1ccccc1)n1nc(-c2ccc(Oc3ccccc3)cc2)c(C#N)c1N. The summed E-state index contributed by atoms with van der Waals surface area (Å²) in [6.45, 7) is 2.74. The Hall–Kier alpha value is -4.77. The summed E-state index contributed by atoms with van der Waals surface area (Å²) in [5.74, 6) is 1.78. The van der Waals surface area contributed by atoms with Gasteiger partial charge in [0.05, 0.1) is 6.04 Å². The molecule has 0 aliphatic rings. The maximum atomic E-state index is 12.0. The van der Waals surface area contributed by atoms with Crippen LogP contribution in [-0.4, -0.2) is 22.4 Å². The molecule has 1 atom stereocenters. The molecule has 0 spiro atoms. The average molecular weight is 510 g/mol. The van der Waals surface area contributed by atoms with E-state index < -0.39 is 6.09 Å². The van der Waals surface area contributed by atoms with Crippen LogP contribution in [0.1, 0.15) is 43.4 Å². The van der Waals surface area contributed by atoms with Gasteiger partial charge in [0.15, 0.2) is 0 Å². The quantitative estimate of drug-likeness (QED) is 0.224. The van der Waals surface area contributed by atoms with Crippen molar-refractivity contribution in [3.8, 4) is 28.8 Å². The van der Waals surface area contributed by atoms with E-state index >= 15 is 0 Å². The van der Waals surface area contributed by atoms with Crippen molar-refractivity contribution in [2.45, 2.75) is 38.8 Å². The van der Waals surface area contributed by atoms with Crippen molar-refractivity contribution in [3.63, 3.8) is 0 Å². The van der Waals surface area contributed by atoms with Crippen molar-refractivity contribution in [2.75, 3.05) is 12.3 Å². The minimum Gasteiger partial charge on any atom is -0.457 e. The van der Waals surface area contributed by atoms with Crippen LogP contribution in [0.15, 0.2) is 84.9 Å².